The highest BCUT2D eigenvalue weighted by Crippen LogP contribution is 2.36. The fraction of sp³-hybridized carbons (Fsp3) is 0. The molecular formula is C20H13ClFNO3S. The first-order valence-electron chi connectivity index (χ1n) is 7.79. The van der Waals surface area contributed by atoms with Gasteiger partial charge in [0.05, 0.1) is 0 Å². The van der Waals surface area contributed by atoms with Gasteiger partial charge in [0, 0.05) is 22.0 Å². The Labute approximate surface area is 163 Å². The second-order valence-electron chi connectivity index (χ2n) is 5.54. The van der Waals surface area contributed by atoms with Crippen molar-refractivity contribution in [2.75, 3.05) is 5.32 Å². The van der Waals surface area contributed by atoms with Crippen LogP contribution in [0.2, 0.25) is 5.02 Å². The number of carboxylic acid groups (broad SMARTS) is 1. The summed E-state index contributed by atoms with van der Waals surface area (Å²) in [6.45, 7) is 0. The summed E-state index contributed by atoms with van der Waals surface area (Å²) in [5.41, 5.74) is 1.71. The van der Waals surface area contributed by atoms with E-state index in [0.717, 1.165) is 11.3 Å². The predicted molar refractivity (Wildman–Crippen MR) is 106 cm³/mol. The van der Waals surface area contributed by atoms with Crippen LogP contribution in [-0.2, 0) is 4.79 Å². The van der Waals surface area contributed by atoms with Crippen LogP contribution < -0.4 is 5.32 Å². The Morgan fingerprint density at radius 1 is 1.15 bits per heavy atom. The molecule has 0 unspecified atom stereocenters. The lowest BCUT2D eigenvalue weighted by Gasteiger charge is -2.04. The van der Waals surface area contributed by atoms with Gasteiger partial charge in [0.2, 0.25) is 5.91 Å². The Hall–Kier alpha value is -2.96. The van der Waals surface area contributed by atoms with E-state index in [4.69, 9.17) is 11.6 Å². The Morgan fingerprint density at radius 3 is 2.56 bits per heavy atom. The number of rotatable bonds is 5. The third-order valence-corrected chi connectivity index (χ3v) is 4.82. The fourth-order valence-corrected chi connectivity index (χ4v) is 3.53. The third-order valence-electron chi connectivity index (χ3n) is 3.67. The summed E-state index contributed by atoms with van der Waals surface area (Å²) in [6, 6.07) is 12.5. The zero-order chi connectivity index (χ0) is 19.4. The van der Waals surface area contributed by atoms with Crippen LogP contribution in [0.3, 0.4) is 0 Å². The summed E-state index contributed by atoms with van der Waals surface area (Å²) in [6.07, 6.45) is 2.68. The maximum Gasteiger partial charge on any atom is 0.339 e. The van der Waals surface area contributed by atoms with Crippen LogP contribution >= 0.6 is 22.9 Å². The number of nitrogens with one attached hydrogen (secondary N) is 1. The van der Waals surface area contributed by atoms with E-state index >= 15 is 0 Å². The van der Waals surface area contributed by atoms with E-state index in [1.807, 2.05) is 0 Å². The van der Waals surface area contributed by atoms with Gasteiger partial charge in [-0.25, -0.2) is 9.18 Å². The van der Waals surface area contributed by atoms with Crippen molar-refractivity contribution in [2.24, 2.45) is 0 Å². The largest absolute Gasteiger partial charge is 0.478 e. The minimum Gasteiger partial charge on any atom is -0.478 e. The number of carbonyl (C=O) groups excluding carboxylic acids is 1. The number of carbonyl (C=O) groups is 2. The van der Waals surface area contributed by atoms with Crippen molar-refractivity contribution in [2.45, 2.75) is 0 Å². The molecular weight excluding hydrogens is 389 g/mol. The molecule has 27 heavy (non-hydrogen) atoms. The number of thiophene rings is 1. The van der Waals surface area contributed by atoms with E-state index in [1.54, 1.807) is 35.7 Å². The molecule has 0 fully saturated rings. The molecule has 3 aromatic rings. The molecule has 0 saturated carbocycles. The Morgan fingerprint density at radius 2 is 1.89 bits per heavy atom. The molecule has 4 nitrogen and oxygen atoms in total. The highest BCUT2D eigenvalue weighted by atomic mass is 35.5. The average molecular weight is 402 g/mol. The lowest BCUT2D eigenvalue weighted by Crippen LogP contribution is -2.10. The quantitative estimate of drug-likeness (QED) is 0.550. The molecule has 0 aliphatic rings. The number of amides is 1. The molecule has 0 bridgehead atoms. The average Bonchev–Trinajstić information content (AvgIpc) is 3.04. The van der Waals surface area contributed by atoms with Gasteiger partial charge < -0.3 is 10.4 Å². The van der Waals surface area contributed by atoms with Crippen LogP contribution in [0, 0.1) is 5.82 Å². The fourth-order valence-electron chi connectivity index (χ4n) is 2.44. The van der Waals surface area contributed by atoms with Crippen molar-refractivity contribution in [1.29, 1.82) is 0 Å². The maximum atomic E-state index is 13.2. The second kappa shape index (κ2) is 8.16. The number of hydrogen-bond donors (Lipinski definition) is 2. The lowest BCUT2D eigenvalue weighted by molar-refractivity contribution is -0.111. The minimum atomic E-state index is -1.15. The van der Waals surface area contributed by atoms with Gasteiger partial charge in [-0.05, 0) is 41.5 Å². The molecule has 0 saturated heterocycles. The number of anilines is 1. The molecule has 2 aromatic carbocycles. The SMILES string of the molecule is O=C(/C=C/c1cccc(F)c1)Nc1scc(-c2ccc(Cl)cc2)c1C(=O)O. The highest BCUT2D eigenvalue weighted by molar-refractivity contribution is 7.15. The van der Waals surface area contributed by atoms with Crippen molar-refractivity contribution < 1.29 is 19.1 Å². The normalized spacial score (nSPS) is 10.9. The molecule has 1 amide bonds. The number of carboxylic acids is 1. The zero-order valence-corrected chi connectivity index (χ0v) is 15.4. The van der Waals surface area contributed by atoms with Gasteiger partial charge in [-0.15, -0.1) is 11.3 Å². The smallest absolute Gasteiger partial charge is 0.339 e. The van der Waals surface area contributed by atoms with Gasteiger partial charge >= 0.3 is 5.97 Å². The summed E-state index contributed by atoms with van der Waals surface area (Å²) in [7, 11) is 0. The van der Waals surface area contributed by atoms with Gasteiger partial charge in [0.25, 0.3) is 0 Å². The van der Waals surface area contributed by atoms with Crippen LogP contribution in [-0.4, -0.2) is 17.0 Å². The topological polar surface area (TPSA) is 66.4 Å². The predicted octanol–water partition coefficient (Wildman–Crippen LogP) is 5.56. The first-order chi connectivity index (χ1) is 12.9. The van der Waals surface area contributed by atoms with Crippen LogP contribution in [0.15, 0.2) is 60.0 Å². The summed E-state index contributed by atoms with van der Waals surface area (Å²) in [4.78, 5) is 23.9. The Kier molecular flexibility index (Phi) is 5.69. The zero-order valence-electron chi connectivity index (χ0n) is 13.8. The maximum absolute atomic E-state index is 13.2. The molecule has 136 valence electrons. The third kappa shape index (κ3) is 4.61. The first kappa shape index (κ1) is 18.8. The van der Waals surface area contributed by atoms with E-state index in [-0.39, 0.29) is 10.6 Å². The molecule has 1 heterocycles. The molecule has 2 N–H and O–H groups in total. The second-order valence-corrected chi connectivity index (χ2v) is 6.86. The number of benzene rings is 2. The monoisotopic (exact) mass is 401 g/mol. The van der Waals surface area contributed by atoms with Gasteiger partial charge in [-0.3, -0.25) is 4.79 Å². The number of aromatic carboxylic acids is 1. The molecule has 0 atom stereocenters. The van der Waals surface area contributed by atoms with Crippen molar-refractivity contribution in [3.63, 3.8) is 0 Å². The molecule has 0 radical (unpaired) electrons. The Balaban J connectivity index is 1.83. The summed E-state index contributed by atoms with van der Waals surface area (Å²) < 4.78 is 13.2. The van der Waals surface area contributed by atoms with Gasteiger partial charge in [-0.1, -0.05) is 35.9 Å². The van der Waals surface area contributed by atoms with E-state index in [2.05, 4.69) is 5.32 Å². The van der Waals surface area contributed by atoms with E-state index in [0.29, 0.717) is 21.7 Å². The van der Waals surface area contributed by atoms with Gasteiger partial charge in [0.1, 0.15) is 16.4 Å². The van der Waals surface area contributed by atoms with Crippen LogP contribution in [0.4, 0.5) is 9.39 Å². The minimum absolute atomic E-state index is 0.00910. The van der Waals surface area contributed by atoms with Crippen LogP contribution in [0.25, 0.3) is 17.2 Å². The van der Waals surface area contributed by atoms with Crippen molar-refractivity contribution >= 4 is 45.9 Å². The van der Waals surface area contributed by atoms with Gasteiger partial charge in [0.15, 0.2) is 0 Å². The first-order valence-corrected chi connectivity index (χ1v) is 9.05. The van der Waals surface area contributed by atoms with Crippen LogP contribution in [0.1, 0.15) is 15.9 Å². The van der Waals surface area contributed by atoms with E-state index < -0.39 is 17.7 Å². The standard InChI is InChI=1S/C20H13ClFNO3S/c21-14-7-5-13(6-8-14)16-11-27-19(18(16)20(25)26)23-17(24)9-4-12-2-1-3-15(22)10-12/h1-11H,(H,23,24)(H,25,26)/b9-4+. The summed E-state index contributed by atoms with van der Waals surface area (Å²) >= 11 is 6.99. The van der Waals surface area contributed by atoms with Crippen LogP contribution in [0.5, 0.6) is 0 Å². The molecule has 0 aliphatic carbocycles. The summed E-state index contributed by atoms with van der Waals surface area (Å²) in [5.74, 6) is -2.06. The number of hydrogen-bond acceptors (Lipinski definition) is 3. The molecule has 1 aromatic heterocycles. The summed E-state index contributed by atoms with van der Waals surface area (Å²) in [5, 5.41) is 14.6. The van der Waals surface area contributed by atoms with Crippen molar-refractivity contribution in [3.05, 3.63) is 82.0 Å². The van der Waals surface area contributed by atoms with Crippen molar-refractivity contribution in [1.82, 2.24) is 0 Å². The molecule has 3 rings (SSSR count). The highest BCUT2D eigenvalue weighted by Gasteiger charge is 2.20. The van der Waals surface area contributed by atoms with E-state index in [1.165, 1.54) is 30.4 Å². The van der Waals surface area contributed by atoms with Gasteiger partial charge in [-0.2, -0.15) is 0 Å². The van der Waals surface area contributed by atoms with Crippen molar-refractivity contribution in [3.8, 4) is 11.1 Å². The Bertz CT molecular complexity index is 1030. The lowest BCUT2D eigenvalue weighted by atomic mass is 10.0. The molecule has 0 aliphatic heterocycles. The number of halogens is 2. The van der Waals surface area contributed by atoms with E-state index in [9.17, 15) is 19.1 Å². The molecule has 0 spiro atoms. The molecule has 7 heteroatoms.